The van der Waals surface area contributed by atoms with Gasteiger partial charge in [-0.1, -0.05) is 0 Å². The standard InChI is InChI=1S/C22H26N4O2S2/c1-14-20(16-4-6-19(28-3)7-5-16)24-22(30-14)25-21(27)17-8-10-26(11-9-17)12-18-13-29-15(2)23-18/h4-7,13,17H,8-12H2,1-3H3,(H,24,25,27). The number of carbonyl (C=O) groups excluding carboxylic acids is 1. The first-order chi connectivity index (χ1) is 14.5. The molecule has 1 fully saturated rings. The Labute approximate surface area is 184 Å². The number of thiazole rings is 2. The number of likely N-dealkylation sites (tertiary alicyclic amines) is 1. The Kier molecular flexibility index (Phi) is 6.46. The molecule has 0 radical (unpaired) electrons. The number of hydrogen-bond donors (Lipinski definition) is 1. The summed E-state index contributed by atoms with van der Waals surface area (Å²) >= 11 is 3.21. The molecule has 3 aromatic rings. The fourth-order valence-electron chi connectivity index (χ4n) is 3.74. The smallest absolute Gasteiger partial charge is 0.229 e. The van der Waals surface area contributed by atoms with Gasteiger partial charge in [0.1, 0.15) is 5.75 Å². The molecule has 1 aliphatic heterocycles. The van der Waals surface area contributed by atoms with E-state index >= 15 is 0 Å². The molecular formula is C22H26N4O2S2. The lowest BCUT2D eigenvalue weighted by molar-refractivity contribution is -0.121. The SMILES string of the molecule is COc1ccc(-c2nc(NC(=O)C3CCN(Cc4csc(C)n4)CC3)sc2C)cc1. The number of nitrogens with zero attached hydrogens (tertiary/aromatic N) is 3. The first-order valence-electron chi connectivity index (χ1n) is 10.1. The molecule has 0 unspecified atom stereocenters. The van der Waals surface area contributed by atoms with Crippen molar-refractivity contribution in [1.82, 2.24) is 14.9 Å². The van der Waals surface area contributed by atoms with Gasteiger partial charge in [0, 0.05) is 28.3 Å². The van der Waals surface area contributed by atoms with Crippen molar-refractivity contribution in [3.8, 4) is 17.0 Å². The van der Waals surface area contributed by atoms with E-state index in [9.17, 15) is 4.79 Å². The molecule has 0 saturated carbocycles. The van der Waals surface area contributed by atoms with Gasteiger partial charge in [-0.25, -0.2) is 9.97 Å². The Morgan fingerprint density at radius 1 is 1.20 bits per heavy atom. The van der Waals surface area contributed by atoms with E-state index in [1.165, 1.54) is 11.3 Å². The summed E-state index contributed by atoms with van der Waals surface area (Å²) in [5, 5.41) is 6.95. The Balaban J connectivity index is 1.33. The summed E-state index contributed by atoms with van der Waals surface area (Å²) in [4.78, 5) is 25.5. The van der Waals surface area contributed by atoms with E-state index in [0.717, 1.165) is 65.1 Å². The molecule has 2 aromatic heterocycles. The van der Waals surface area contributed by atoms with Crippen molar-refractivity contribution in [2.24, 2.45) is 5.92 Å². The van der Waals surface area contributed by atoms with E-state index in [2.05, 4.69) is 25.6 Å². The minimum absolute atomic E-state index is 0.0343. The number of carbonyl (C=O) groups is 1. The first-order valence-corrected chi connectivity index (χ1v) is 11.8. The maximum Gasteiger partial charge on any atom is 0.229 e. The van der Waals surface area contributed by atoms with E-state index in [0.29, 0.717) is 5.13 Å². The van der Waals surface area contributed by atoms with Crippen molar-refractivity contribution in [2.45, 2.75) is 33.2 Å². The van der Waals surface area contributed by atoms with Crippen LogP contribution >= 0.6 is 22.7 Å². The molecule has 158 valence electrons. The zero-order valence-electron chi connectivity index (χ0n) is 17.5. The third kappa shape index (κ3) is 4.88. The molecule has 0 aliphatic carbocycles. The number of hydrogen-bond acceptors (Lipinski definition) is 7. The monoisotopic (exact) mass is 442 g/mol. The molecule has 1 aliphatic rings. The second-order valence-electron chi connectivity index (χ2n) is 7.55. The molecule has 6 nitrogen and oxygen atoms in total. The lowest BCUT2D eigenvalue weighted by Gasteiger charge is -2.30. The van der Waals surface area contributed by atoms with Crippen LogP contribution in [-0.2, 0) is 11.3 Å². The molecule has 1 aromatic carbocycles. The molecule has 4 rings (SSSR count). The quantitative estimate of drug-likeness (QED) is 0.597. The minimum atomic E-state index is 0.0343. The summed E-state index contributed by atoms with van der Waals surface area (Å²) in [5.74, 6) is 0.928. The highest BCUT2D eigenvalue weighted by molar-refractivity contribution is 7.16. The largest absolute Gasteiger partial charge is 0.497 e. The molecule has 8 heteroatoms. The Morgan fingerprint density at radius 2 is 1.93 bits per heavy atom. The number of nitrogens with one attached hydrogen (secondary N) is 1. The van der Waals surface area contributed by atoms with Crippen LogP contribution in [-0.4, -0.2) is 41.0 Å². The van der Waals surface area contributed by atoms with Crippen LogP contribution in [0.5, 0.6) is 5.75 Å². The van der Waals surface area contributed by atoms with Gasteiger partial charge < -0.3 is 10.1 Å². The predicted octanol–water partition coefficient (Wildman–Crippen LogP) is 4.74. The summed E-state index contributed by atoms with van der Waals surface area (Å²) in [6.45, 7) is 6.78. The van der Waals surface area contributed by atoms with E-state index in [4.69, 9.17) is 4.74 Å². The fourth-order valence-corrected chi connectivity index (χ4v) is 5.18. The summed E-state index contributed by atoms with van der Waals surface area (Å²) in [5.41, 5.74) is 3.06. The number of ether oxygens (including phenoxy) is 1. The number of rotatable bonds is 6. The minimum Gasteiger partial charge on any atom is -0.497 e. The summed E-state index contributed by atoms with van der Waals surface area (Å²) in [7, 11) is 1.65. The van der Waals surface area contributed by atoms with Gasteiger partial charge in [0.2, 0.25) is 5.91 Å². The van der Waals surface area contributed by atoms with Crippen molar-refractivity contribution in [1.29, 1.82) is 0 Å². The van der Waals surface area contributed by atoms with Crippen molar-refractivity contribution in [3.05, 3.63) is 45.2 Å². The third-order valence-electron chi connectivity index (χ3n) is 5.40. The van der Waals surface area contributed by atoms with Crippen LogP contribution in [0.4, 0.5) is 5.13 Å². The van der Waals surface area contributed by atoms with Crippen molar-refractivity contribution in [2.75, 3.05) is 25.5 Å². The van der Waals surface area contributed by atoms with Crippen molar-refractivity contribution in [3.63, 3.8) is 0 Å². The average molecular weight is 443 g/mol. The number of amides is 1. The molecular weight excluding hydrogens is 416 g/mol. The first kappa shape index (κ1) is 21.0. The van der Waals surface area contributed by atoms with Crippen LogP contribution in [0.2, 0.25) is 0 Å². The number of aromatic nitrogens is 2. The highest BCUT2D eigenvalue weighted by Gasteiger charge is 2.26. The lowest BCUT2D eigenvalue weighted by Crippen LogP contribution is -2.37. The Morgan fingerprint density at radius 3 is 2.57 bits per heavy atom. The highest BCUT2D eigenvalue weighted by Crippen LogP contribution is 2.32. The van der Waals surface area contributed by atoms with Gasteiger partial charge in [-0.15, -0.1) is 22.7 Å². The van der Waals surface area contributed by atoms with E-state index in [1.807, 2.05) is 38.1 Å². The number of anilines is 1. The van der Waals surface area contributed by atoms with Crippen LogP contribution in [0.25, 0.3) is 11.3 Å². The van der Waals surface area contributed by atoms with Crippen LogP contribution < -0.4 is 10.1 Å². The topological polar surface area (TPSA) is 67.3 Å². The van der Waals surface area contributed by atoms with Crippen LogP contribution in [0, 0.1) is 19.8 Å². The van der Waals surface area contributed by atoms with Gasteiger partial charge in [0.25, 0.3) is 0 Å². The third-order valence-corrected chi connectivity index (χ3v) is 7.11. The van der Waals surface area contributed by atoms with Gasteiger partial charge >= 0.3 is 0 Å². The van der Waals surface area contributed by atoms with Gasteiger partial charge in [-0.05, 0) is 64.0 Å². The molecule has 30 heavy (non-hydrogen) atoms. The van der Waals surface area contributed by atoms with Crippen LogP contribution in [0.1, 0.15) is 28.4 Å². The molecule has 1 saturated heterocycles. The molecule has 0 atom stereocenters. The van der Waals surface area contributed by atoms with Gasteiger partial charge in [-0.2, -0.15) is 0 Å². The van der Waals surface area contributed by atoms with E-state index < -0.39 is 0 Å². The van der Waals surface area contributed by atoms with Crippen LogP contribution in [0.3, 0.4) is 0 Å². The van der Waals surface area contributed by atoms with Crippen LogP contribution in [0.15, 0.2) is 29.6 Å². The van der Waals surface area contributed by atoms with Crippen molar-refractivity contribution < 1.29 is 9.53 Å². The molecule has 3 heterocycles. The number of methoxy groups -OCH3 is 1. The van der Waals surface area contributed by atoms with Gasteiger partial charge in [-0.3, -0.25) is 9.69 Å². The summed E-state index contributed by atoms with van der Waals surface area (Å²) in [6.07, 6.45) is 1.73. The fraction of sp³-hybridized carbons (Fsp3) is 0.409. The van der Waals surface area contributed by atoms with Crippen molar-refractivity contribution >= 4 is 33.7 Å². The summed E-state index contributed by atoms with van der Waals surface area (Å²) < 4.78 is 5.22. The number of benzene rings is 1. The molecule has 1 amide bonds. The predicted molar refractivity (Wildman–Crippen MR) is 122 cm³/mol. The van der Waals surface area contributed by atoms with Gasteiger partial charge in [0.05, 0.1) is 23.5 Å². The normalized spacial score (nSPS) is 15.3. The zero-order chi connectivity index (χ0) is 21.1. The second-order valence-corrected chi connectivity index (χ2v) is 9.82. The van der Waals surface area contributed by atoms with E-state index in [1.54, 1.807) is 18.4 Å². The molecule has 0 bridgehead atoms. The van der Waals surface area contributed by atoms with Gasteiger partial charge in [0.15, 0.2) is 5.13 Å². The Hall–Kier alpha value is -2.29. The van der Waals surface area contributed by atoms with E-state index in [-0.39, 0.29) is 11.8 Å². The highest BCUT2D eigenvalue weighted by atomic mass is 32.1. The average Bonchev–Trinajstić information content (AvgIpc) is 3.33. The second kappa shape index (κ2) is 9.24. The maximum absolute atomic E-state index is 12.8. The molecule has 1 N–H and O–H groups in total. The lowest BCUT2D eigenvalue weighted by atomic mass is 9.96. The summed E-state index contributed by atoms with van der Waals surface area (Å²) in [6, 6.07) is 7.83. The Bertz CT molecular complexity index is 1000. The number of aryl methyl sites for hydroxylation is 2. The molecule has 0 spiro atoms. The number of piperidine rings is 1. The maximum atomic E-state index is 12.8. The zero-order valence-corrected chi connectivity index (χ0v) is 19.1.